The van der Waals surface area contributed by atoms with E-state index in [9.17, 15) is 0 Å². The molecule has 4 aromatic carbocycles. The third kappa shape index (κ3) is 2.70. The van der Waals surface area contributed by atoms with Gasteiger partial charge in [0.2, 0.25) is 0 Å². The van der Waals surface area contributed by atoms with E-state index in [0.29, 0.717) is 0 Å². The lowest BCUT2D eigenvalue weighted by Crippen LogP contribution is -2.41. The molecule has 0 N–H and O–H groups in total. The van der Waals surface area contributed by atoms with Crippen LogP contribution in [0.2, 0.25) is 0 Å². The highest BCUT2D eigenvalue weighted by Gasteiger charge is 2.52. The number of hydrogen-bond acceptors (Lipinski definition) is 2. The van der Waals surface area contributed by atoms with Crippen LogP contribution in [-0.4, -0.2) is 18.3 Å². The molecule has 1 saturated heterocycles. The summed E-state index contributed by atoms with van der Waals surface area (Å²) in [4.78, 5) is 0. The van der Waals surface area contributed by atoms with Gasteiger partial charge in [0.15, 0.2) is 0 Å². The van der Waals surface area contributed by atoms with Crippen molar-refractivity contribution in [2.24, 2.45) is 0 Å². The number of aryl methyl sites for hydroxylation is 1. The average molecular weight is 434 g/mol. The predicted octanol–water partition coefficient (Wildman–Crippen LogP) is 6.91. The Morgan fingerprint density at radius 2 is 1.06 bits per heavy atom. The molecule has 0 radical (unpaired) electrons. The van der Waals surface area contributed by atoms with Crippen LogP contribution in [-0.2, 0) is 14.7 Å². The highest BCUT2D eigenvalue weighted by molar-refractivity contribution is 6.65. The molecule has 0 saturated carbocycles. The number of fused-ring (bicyclic) bond motifs is 7. The van der Waals surface area contributed by atoms with Crippen LogP contribution in [0.1, 0.15) is 58.2 Å². The first-order chi connectivity index (χ1) is 15.5. The third-order valence-corrected chi connectivity index (χ3v) is 8.43. The summed E-state index contributed by atoms with van der Waals surface area (Å²) in [6.07, 6.45) is 0. The fourth-order valence-electron chi connectivity index (χ4n) is 5.79. The van der Waals surface area contributed by atoms with Gasteiger partial charge in [-0.3, -0.25) is 0 Å². The summed E-state index contributed by atoms with van der Waals surface area (Å²) in [6, 6.07) is 22.4. The quantitative estimate of drug-likeness (QED) is 0.303. The second-order valence-electron chi connectivity index (χ2n) is 11.3. The van der Waals surface area contributed by atoms with E-state index in [4.69, 9.17) is 9.31 Å². The predicted molar refractivity (Wildman–Crippen MR) is 139 cm³/mol. The molecule has 0 atom stereocenters. The Balaban J connectivity index is 1.70. The molecule has 0 amide bonds. The van der Waals surface area contributed by atoms with Gasteiger partial charge in [-0.25, -0.2) is 0 Å². The Morgan fingerprint density at radius 1 is 0.606 bits per heavy atom. The maximum absolute atomic E-state index is 6.53. The van der Waals surface area contributed by atoms with Gasteiger partial charge in [-0.2, -0.15) is 0 Å². The maximum Gasteiger partial charge on any atom is 0.495 e. The van der Waals surface area contributed by atoms with Crippen molar-refractivity contribution in [3.05, 3.63) is 77.4 Å². The lowest BCUT2D eigenvalue weighted by molar-refractivity contribution is 0.00578. The standard InChI is InChI=1S/C30H31BO2/c1-18-16-23-26(21-14-10-8-12-19(18)21)27-22-15-11-9-13-20(22)25(17-24(27)28(23,2)3)31-32-29(4,5)30(6,7)33-31/h8-17H,1-7H3. The molecule has 0 bridgehead atoms. The topological polar surface area (TPSA) is 18.5 Å². The van der Waals surface area contributed by atoms with Crippen LogP contribution in [0.4, 0.5) is 0 Å². The molecule has 166 valence electrons. The second kappa shape index (κ2) is 6.49. The van der Waals surface area contributed by atoms with Crippen molar-refractivity contribution < 1.29 is 9.31 Å². The molecule has 0 spiro atoms. The molecule has 0 aromatic heterocycles. The molecule has 2 nitrogen and oxygen atoms in total. The smallest absolute Gasteiger partial charge is 0.399 e. The Labute approximate surface area is 197 Å². The van der Waals surface area contributed by atoms with Crippen molar-refractivity contribution in [1.29, 1.82) is 0 Å². The van der Waals surface area contributed by atoms with E-state index in [1.165, 1.54) is 49.4 Å². The van der Waals surface area contributed by atoms with Gasteiger partial charge in [-0.15, -0.1) is 0 Å². The van der Waals surface area contributed by atoms with Gasteiger partial charge in [0, 0.05) is 5.41 Å². The number of hydrogen-bond donors (Lipinski definition) is 0. The van der Waals surface area contributed by atoms with Crippen LogP contribution in [0.15, 0.2) is 60.7 Å². The third-order valence-electron chi connectivity index (χ3n) is 8.43. The molecular weight excluding hydrogens is 403 g/mol. The van der Waals surface area contributed by atoms with Crippen LogP contribution in [0.5, 0.6) is 0 Å². The Hall–Kier alpha value is -2.62. The van der Waals surface area contributed by atoms with Crippen molar-refractivity contribution in [2.45, 2.75) is 65.1 Å². The van der Waals surface area contributed by atoms with E-state index < -0.39 is 0 Å². The van der Waals surface area contributed by atoms with Crippen LogP contribution >= 0.6 is 0 Å². The molecule has 3 heteroatoms. The van der Waals surface area contributed by atoms with Crippen LogP contribution in [0.3, 0.4) is 0 Å². The number of benzene rings is 4. The van der Waals surface area contributed by atoms with E-state index in [1.807, 2.05) is 0 Å². The largest absolute Gasteiger partial charge is 0.495 e. The van der Waals surface area contributed by atoms with Crippen LogP contribution in [0.25, 0.3) is 32.7 Å². The van der Waals surface area contributed by atoms with E-state index in [0.717, 1.165) is 5.46 Å². The highest BCUT2D eigenvalue weighted by atomic mass is 16.7. The summed E-state index contributed by atoms with van der Waals surface area (Å²) in [7, 11) is -0.386. The molecule has 1 aliphatic heterocycles. The van der Waals surface area contributed by atoms with Gasteiger partial charge in [0.1, 0.15) is 0 Å². The summed E-state index contributed by atoms with van der Waals surface area (Å²) in [6.45, 7) is 15.4. The first kappa shape index (κ1) is 21.0. The minimum absolute atomic E-state index is 0.109. The summed E-state index contributed by atoms with van der Waals surface area (Å²) in [5.74, 6) is 0. The zero-order chi connectivity index (χ0) is 23.3. The summed E-state index contributed by atoms with van der Waals surface area (Å²) < 4.78 is 13.1. The molecule has 1 aliphatic carbocycles. The second-order valence-corrected chi connectivity index (χ2v) is 11.3. The summed E-state index contributed by atoms with van der Waals surface area (Å²) in [5.41, 5.74) is 7.12. The van der Waals surface area contributed by atoms with E-state index in [1.54, 1.807) is 0 Å². The van der Waals surface area contributed by atoms with E-state index >= 15 is 0 Å². The van der Waals surface area contributed by atoms with Gasteiger partial charge in [-0.1, -0.05) is 74.5 Å². The van der Waals surface area contributed by atoms with Gasteiger partial charge >= 0.3 is 7.12 Å². The zero-order valence-electron chi connectivity index (χ0n) is 20.7. The first-order valence-corrected chi connectivity index (χ1v) is 12.0. The summed E-state index contributed by atoms with van der Waals surface area (Å²) >= 11 is 0. The average Bonchev–Trinajstić information content (AvgIpc) is 3.13. The van der Waals surface area contributed by atoms with Gasteiger partial charge in [-0.05, 0) is 89.4 Å². The normalized spacial score (nSPS) is 19.8. The van der Waals surface area contributed by atoms with Crippen molar-refractivity contribution >= 4 is 34.1 Å². The van der Waals surface area contributed by atoms with Gasteiger partial charge < -0.3 is 9.31 Å². The minimum atomic E-state index is -0.386. The minimum Gasteiger partial charge on any atom is -0.399 e. The Kier molecular flexibility index (Phi) is 4.12. The van der Waals surface area contributed by atoms with Crippen molar-refractivity contribution in [3.63, 3.8) is 0 Å². The van der Waals surface area contributed by atoms with Crippen molar-refractivity contribution in [3.8, 4) is 11.1 Å². The fraction of sp³-hybridized carbons (Fsp3) is 0.333. The fourth-order valence-corrected chi connectivity index (χ4v) is 5.79. The van der Waals surface area contributed by atoms with Crippen LogP contribution in [0, 0.1) is 6.92 Å². The molecular formula is C30H31BO2. The van der Waals surface area contributed by atoms with Gasteiger partial charge in [0.25, 0.3) is 0 Å². The molecule has 0 unspecified atom stereocenters. The SMILES string of the molecule is Cc1cc2c(c3ccccc13)-c1c(cc(B3OC(C)(C)C(C)(C)O3)c3ccccc13)C2(C)C. The Morgan fingerprint density at radius 3 is 1.64 bits per heavy atom. The molecule has 33 heavy (non-hydrogen) atoms. The molecule has 2 aliphatic rings. The van der Waals surface area contributed by atoms with Crippen LogP contribution < -0.4 is 5.46 Å². The number of rotatable bonds is 1. The molecule has 1 fully saturated rings. The van der Waals surface area contributed by atoms with E-state index in [-0.39, 0.29) is 23.7 Å². The van der Waals surface area contributed by atoms with Crippen molar-refractivity contribution in [2.75, 3.05) is 0 Å². The molecule has 4 aromatic rings. The Bertz CT molecular complexity index is 1450. The monoisotopic (exact) mass is 434 g/mol. The highest BCUT2D eigenvalue weighted by Crippen LogP contribution is 2.54. The first-order valence-electron chi connectivity index (χ1n) is 12.0. The van der Waals surface area contributed by atoms with Crippen molar-refractivity contribution in [1.82, 2.24) is 0 Å². The molecule has 1 heterocycles. The van der Waals surface area contributed by atoms with Gasteiger partial charge in [0.05, 0.1) is 11.2 Å². The lowest BCUT2D eigenvalue weighted by Gasteiger charge is -2.32. The summed E-state index contributed by atoms with van der Waals surface area (Å²) in [5, 5.41) is 5.16. The lowest BCUT2D eigenvalue weighted by atomic mass is 9.72. The molecule has 6 rings (SSSR count). The maximum atomic E-state index is 6.53. The van der Waals surface area contributed by atoms with E-state index in [2.05, 4.69) is 109 Å². The zero-order valence-corrected chi connectivity index (χ0v) is 20.7.